The predicted molar refractivity (Wildman–Crippen MR) is 122 cm³/mol. The van der Waals surface area contributed by atoms with Crippen LogP contribution in [0.15, 0.2) is 30.6 Å². The second-order valence-electron chi connectivity index (χ2n) is 8.38. The highest BCUT2D eigenvalue weighted by Crippen LogP contribution is 2.37. The minimum Gasteiger partial charge on any atom is -0.393 e. The molecule has 0 spiro atoms. The van der Waals surface area contributed by atoms with E-state index in [0.29, 0.717) is 24.2 Å². The van der Waals surface area contributed by atoms with Crippen molar-refractivity contribution in [3.8, 4) is 11.1 Å². The maximum atomic E-state index is 12.1. The molecule has 32 heavy (non-hydrogen) atoms. The van der Waals surface area contributed by atoms with Gasteiger partial charge in [-0.25, -0.2) is 9.50 Å². The first-order valence-electron chi connectivity index (χ1n) is 11.0. The molecular formula is C23H30N6O3. The zero-order chi connectivity index (χ0) is 22.7. The number of hydrogen-bond donors (Lipinski definition) is 3. The van der Waals surface area contributed by atoms with Crippen LogP contribution in [-0.4, -0.2) is 63.5 Å². The summed E-state index contributed by atoms with van der Waals surface area (Å²) in [5.74, 6) is 0.591. The summed E-state index contributed by atoms with van der Waals surface area (Å²) >= 11 is 0. The van der Waals surface area contributed by atoms with Crippen molar-refractivity contribution >= 4 is 17.4 Å². The van der Waals surface area contributed by atoms with Crippen LogP contribution in [0.3, 0.4) is 0 Å². The Kier molecular flexibility index (Phi) is 6.66. The molecule has 3 N–H and O–H groups in total. The zero-order valence-corrected chi connectivity index (χ0v) is 18.7. The van der Waals surface area contributed by atoms with Gasteiger partial charge in [0, 0.05) is 43.6 Å². The zero-order valence-electron chi connectivity index (χ0n) is 18.7. The summed E-state index contributed by atoms with van der Waals surface area (Å²) < 4.78 is 7.16. The highest BCUT2D eigenvalue weighted by atomic mass is 16.5. The van der Waals surface area contributed by atoms with E-state index in [0.717, 1.165) is 48.0 Å². The first-order chi connectivity index (χ1) is 15.5. The van der Waals surface area contributed by atoms with Crippen molar-refractivity contribution in [2.24, 2.45) is 0 Å². The number of hydrogen-bond acceptors (Lipinski definition) is 7. The number of carbonyl (C=O) groups excluding carboxylic acids is 1. The molecular weight excluding hydrogens is 408 g/mol. The van der Waals surface area contributed by atoms with E-state index in [1.54, 1.807) is 26.4 Å². The van der Waals surface area contributed by atoms with Crippen LogP contribution in [-0.2, 0) is 4.74 Å². The number of aliphatic hydroxyl groups excluding tert-OH is 1. The molecule has 0 saturated heterocycles. The quantitative estimate of drug-likeness (QED) is 0.520. The largest absolute Gasteiger partial charge is 0.393 e. The van der Waals surface area contributed by atoms with Gasteiger partial charge in [0.05, 0.1) is 24.4 Å². The Bertz CT molecular complexity index is 1090. The number of rotatable bonds is 7. The van der Waals surface area contributed by atoms with Gasteiger partial charge in [-0.15, -0.1) is 5.10 Å². The Hall–Kier alpha value is -3.04. The van der Waals surface area contributed by atoms with E-state index in [4.69, 9.17) is 9.84 Å². The third kappa shape index (κ3) is 4.58. The van der Waals surface area contributed by atoms with Gasteiger partial charge in [-0.1, -0.05) is 0 Å². The fraction of sp³-hybridized carbons (Fsp3) is 0.478. The Balaban J connectivity index is 1.79. The van der Waals surface area contributed by atoms with Crippen molar-refractivity contribution in [1.29, 1.82) is 0 Å². The third-order valence-corrected chi connectivity index (χ3v) is 5.98. The summed E-state index contributed by atoms with van der Waals surface area (Å²) in [4.78, 5) is 20.8. The molecule has 1 amide bonds. The summed E-state index contributed by atoms with van der Waals surface area (Å²) in [6.45, 7) is 2.56. The van der Waals surface area contributed by atoms with Gasteiger partial charge >= 0.3 is 0 Å². The molecule has 4 rings (SSSR count). The van der Waals surface area contributed by atoms with E-state index < -0.39 is 0 Å². The molecule has 170 valence electrons. The van der Waals surface area contributed by atoms with Crippen molar-refractivity contribution in [2.45, 2.75) is 50.7 Å². The average Bonchev–Trinajstić information content (AvgIpc) is 3.18. The number of aliphatic hydroxyl groups is 1. The summed E-state index contributed by atoms with van der Waals surface area (Å²) in [7, 11) is 3.25. The lowest BCUT2D eigenvalue weighted by Gasteiger charge is -2.25. The lowest BCUT2D eigenvalue weighted by molar-refractivity contribution is 0.0958. The van der Waals surface area contributed by atoms with E-state index in [-0.39, 0.29) is 18.1 Å². The van der Waals surface area contributed by atoms with Crippen LogP contribution in [0.25, 0.3) is 16.6 Å². The van der Waals surface area contributed by atoms with Crippen molar-refractivity contribution in [3.63, 3.8) is 0 Å². The molecule has 9 heteroatoms. The summed E-state index contributed by atoms with van der Waals surface area (Å²) in [5.41, 5.74) is 4.15. The normalized spacial score (nSPS) is 19.6. The Morgan fingerprint density at radius 3 is 2.78 bits per heavy atom. The molecule has 1 atom stereocenters. The smallest absolute Gasteiger partial charge is 0.269 e. The van der Waals surface area contributed by atoms with Gasteiger partial charge in [-0.3, -0.25) is 9.78 Å². The van der Waals surface area contributed by atoms with E-state index >= 15 is 0 Å². The van der Waals surface area contributed by atoms with Gasteiger partial charge in [0.2, 0.25) is 5.95 Å². The third-order valence-electron chi connectivity index (χ3n) is 5.98. The van der Waals surface area contributed by atoms with Crippen molar-refractivity contribution in [2.75, 3.05) is 26.1 Å². The van der Waals surface area contributed by atoms with E-state index in [1.165, 1.54) is 0 Å². The minimum atomic E-state index is -0.230. The SMILES string of the molecule is CNC(=O)c1cc(-c2cc([C@H]3CC[C@H](O)CC3)n3nc(N[C@@H](C)COC)ncc23)ccn1. The van der Waals surface area contributed by atoms with Crippen LogP contribution >= 0.6 is 0 Å². The molecule has 3 aromatic heterocycles. The molecule has 0 bridgehead atoms. The highest BCUT2D eigenvalue weighted by molar-refractivity contribution is 5.94. The number of ether oxygens (including phenoxy) is 1. The molecule has 1 saturated carbocycles. The van der Waals surface area contributed by atoms with Crippen molar-refractivity contribution in [1.82, 2.24) is 24.9 Å². The number of nitrogens with one attached hydrogen (secondary N) is 2. The van der Waals surface area contributed by atoms with Gasteiger partial charge in [0.25, 0.3) is 5.91 Å². The van der Waals surface area contributed by atoms with Crippen LogP contribution < -0.4 is 10.6 Å². The Morgan fingerprint density at radius 1 is 1.28 bits per heavy atom. The van der Waals surface area contributed by atoms with Gasteiger partial charge in [0.15, 0.2) is 0 Å². The average molecular weight is 439 g/mol. The van der Waals surface area contributed by atoms with Gasteiger partial charge in [-0.2, -0.15) is 0 Å². The van der Waals surface area contributed by atoms with Crippen LogP contribution in [0.2, 0.25) is 0 Å². The van der Waals surface area contributed by atoms with Crippen LogP contribution in [0.5, 0.6) is 0 Å². The number of methoxy groups -OCH3 is 1. The van der Waals surface area contributed by atoms with Crippen LogP contribution in [0, 0.1) is 0 Å². The van der Waals surface area contributed by atoms with Gasteiger partial charge in [0.1, 0.15) is 5.69 Å². The van der Waals surface area contributed by atoms with E-state index in [9.17, 15) is 9.90 Å². The Morgan fingerprint density at radius 2 is 2.06 bits per heavy atom. The number of fused-ring (bicyclic) bond motifs is 1. The summed E-state index contributed by atoms with van der Waals surface area (Å²) in [6, 6.07) is 5.88. The first-order valence-corrected chi connectivity index (χ1v) is 11.0. The molecule has 3 aromatic rings. The number of nitrogens with zero attached hydrogens (tertiary/aromatic N) is 4. The van der Waals surface area contributed by atoms with Gasteiger partial charge in [-0.05, 0) is 56.4 Å². The summed E-state index contributed by atoms with van der Waals surface area (Å²) in [6.07, 6.45) is 6.59. The second kappa shape index (κ2) is 9.62. The number of carbonyl (C=O) groups is 1. The lowest BCUT2D eigenvalue weighted by atomic mass is 9.85. The number of aromatic nitrogens is 4. The van der Waals surface area contributed by atoms with E-state index in [2.05, 4.69) is 26.7 Å². The van der Waals surface area contributed by atoms with Crippen molar-refractivity contribution < 1.29 is 14.6 Å². The maximum Gasteiger partial charge on any atom is 0.269 e. The summed E-state index contributed by atoms with van der Waals surface area (Å²) in [5, 5.41) is 20.7. The second-order valence-corrected chi connectivity index (χ2v) is 8.38. The molecule has 0 unspecified atom stereocenters. The lowest BCUT2D eigenvalue weighted by Crippen LogP contribution is -2.23. The van der Waals surface area contributed by atoms with Crippen molar-refractivity contribution in [3.05, 3.63) is 42.0 Å². The number of pyridine rings is 1. The molecule has 0 radical (unpaired) electrons. The fourth-order valence-electron chi connectivity index (χ4n) is 4.34. The highest BCUT2D eigenvalue weighted by Gasteiger charge is 2.26. The number of anilines is 1. The molecule has 0 aliphatic heterocycles. The molecule has 9 nitrogen and oxygen atoms in total. The maximum absolute atomic E-state index is 12.1. The minimum absolute atomic E-state index is 0.0658. The standard InChI is InChI=1S/C23H30N6O3/c1-14(13-32-3)27-23-26-12-21-18(16-8-9-25-19(10-16)22(31)24-2)11-20(29(21)28-23)15-4-6-17(30)7-5-15/h8-12,14-15,17,30H,4-7,13H2,1-3H3,(H,24,31)(H,27,28)/t14-,15-,17-/m0/s1. The topological polar surface area (TPSA) is 114 Å². The number of amides is 1. The van der Waals surface area contributed by atoms with Gasteiger partial charge < -0.3 is 20.5 Å². The molecule has 1 aliphatic rings. The van der Waals surface area contributed by atoms with Crippen LogP contribution in [0.1, 0.15) is 54.7 Å². The molecule has 3 heterocycles. The Labute approximate surface area is 187 Å². The first kappa shape index (κ1) is 22.2. The van der Waals surface area contributed by atoms with E-state index in [1.807, 2.05) is 23.7 Å². The fourth-order valence-corrected chi connectivity index (χ4v) is 4.34. The molecule has 1 fully saturated rings. The van der Waals surface area contributed by atoms with Crippen LogP contribution in [0.4, 0.5) is 5.95 Å². The monoisotopic (exact) mass is 438 g/mol. The molecule has 0 aromatic carbocycles. The molecule has 1 aliphatic carbocycles. The predicted octanol–water partition coefficient (Wildman–Crippen LogP) is 2.62.